The second-order valence-corrected chi connectivity index (χ2v) is 6.22. The molecule has 0 saturated carbocycles. The topological polar surface area (TPSA) is 74.7 Å². The van der Waals surface area contributed by atoms with Gasteiger partial charge in [-0.05, 0) is 38.0 Å². The smallest absolute Gasteiger partial charge is 0.327 e. The van der Waals surface area contributed by atoms with Gasteiger partial charge in [0.15, 0.2) is 0 Å². The lowest BCUT2D eigenvalue weighted by molar-refractivity contribution is -0.137. The molecule has 0 aromatic heterocycles. The van der Waals surface area contributed by atoms with Crippen molar-refractivity contribution in [2.75, 3.05) is 10.6 Å². The molecule has 0 aliphatic carbocycles. The van der Waals surface area contributed by atoms with Gasteiger partial charge in [-0.1, -0.05) is 12.1 Å². The van der Waals surface area contributed by atoms with Gasteiger partial charge in [-0.25, -0.2) is 13.2 Å². The molecule has 0 unspecified atom stereocenters. The van der Waals surface area contributed by atoms with Crippen molar-refractivity contribution in [1.82, 2.24) is 0 Å². The maximum absolute atomic E-state index is 11.8. The SMILES string of the molecule is Cc1ccc(C)c(N([C@H](C)C(=O)O)S(C)(=O)=O)c1. The molecule has 1 aromatic rings. The number of nitrogens with zero attached hydrogens (tertiary/aromatic N) is 1. The van der Waals surface area contributed by atoms with Crippen molar-refractivity contribution in [3.05, 3.63) is 29.3 Å². The minimum Gasteiger partial charge on any atom is -0.480 e. The molecule has 0 fully saturated rings. The first-order valence-electron chi connectivity index (χ1n) is 5.44. The van der Waals surface area contributed by atoms with Gasteiger partial charge in [-0.2, -0.15) is 0 Å². The van der Waals surface area contributed by atoms with Crippen molar-refractivity contribution in [2.45, 2.75) is 26.8 Å². The standard InChI is InChI=1S/C12H17NO4S/c1-8-5-6-9(2)11(7-8)13(18(4,16)17)10(3)12(14)15/h5-7,10H,1-4H3,(H,14,15)/t10-/m1/s1. The molecule has 1 atom stereocenters. The van der Waals surface area contributed by atoms with Gasteiger partial charge in [0.25, 0.3) is 0 Å². The van der Waals surface area contributed by atoms with Crippen molar-refractivity contribution in [3.63, 3.8) is 0 Å². The van der Waals surface area contributed by atoms with Crippen LogP contribution in [0.5, 0.6) is 0 Å². The molecular weight excluding hydrogens is 254 g/mol. The Hall–Kier alpha value is -1.56. The summed E-state index contributed by atoms with van der Waals surface area (Å²) >= 11 is 0. The van der Waals surface area contributed by atoms with Crippen LogP contribution >= 0.6 is 0 Å². The molecule has 0 aliphatic heterocycles. The Kier molecular flexibility index (Phi) is 4.01. The number of carboxylic acids is 1. The van der Waals surface area contributed by atoms with E-state index in [4.69, 9.17) is 5.11 Å². The van der Waals surface area contributed by atoms with Crippen molar-refractivity contribution >= 4 is 21.7 Å². The third kappa shape index (κ3) is 3.01. The number of carbonyl (C=O) groups is 1. The normalized spacial score (nSPS) is 13.1. The molecule has 6 heteroatoms. The van der Waals surface area contributed by atoms with Gasteiger partial charge >= 0.3 is 5.97 Å². The lowest BCUT2D eigenvalue weighted by Crippen LogP contribution is -2.43. The highest BCUT2D eigenvalue weighted by molar-refractivity contribution is 7.92. The summed E-state index contributed by atoms with van der Waals surface area (Å²) in [5.74, 6) is -1.18. The molecule has 0 saturated heterocycles. The van der Waals surface area contributed by atoms with Crippen LogP contribution in [0, 0.1) is 13.8 Å². The quantitative estimate of drug-likeness (QED) is 0.901. The predicted molar refractivity (Wildman–Crippen MR) is 70.3 cm³/mol. The summed E-state index contributed by atoms with van der Waals surface area (Å²) in [6, 6.07) is 4.17. The van der Waals surface area contributed by atoms with Crippen LogP contribution in [-0.4, -0.2) is 31.8 Å². The third-order valence-corrected chi connectivity index (χ3v) is 3.90. The zero-order chi connectivity index (χ0) is 14.1. The summed E-state index contributed by atoms with van der Waals surface area (Å²) in [5, 5.41) is 9.03. The maximum Gasteiger partial charge on any atom is 0.327 e. The summed E-state index contributed by atoms with van der Waals surface area (Å²) in [5.41, 5.74) is 2.01. The van der Waals surface area contributed by atoms with Crippen LogP contribution in [0.3, 0.4) is 0 Å². The Morgan fingerprint density at radius 1 is 1.33 bits per heavy atom. The Labute approximate surface area is 107 Å². The zero-order valence-electron chi connectivity index (χ0n) is 10.8. The number of anilines is 1. The van der Waals surface area contributed by atoms with Crippen LogP contribution in [0.25, 0.3) is 0 Å². The van der Waals surface area contributed by atoms with E-state index in [1.807, 2.05) is 13.0 Å². The van der Waals surface area contributed by atoms with E-state index in [1.165, 1.54) is 6.92 Å². The van der Waals surface area contributed by atoms with E-state index < -0.39 is 22.0 Å². The number of hydrogen-bond acceptors (Lipinski definition) is 3. The van der Waals surface area contributed by atoms with Crippen LogP contribution in [-0.2, 0) is 14.8 Å². The molecule has 0 aliphatic rings. The van der Waals surface area contributed by atoms with E-state index in [2.05, 4.69) is 0 Å². The number of carboxylic acid groups (broad SMARTS) is 1. The molecule has 1 rings (SSSR count). The fourth-order valence-electron chi connectivity index (χ4n) is 1.73. The number of rotatable bonds is 4. The predicted octanol–water partition coefficient (Wildman–Crippen LogP) is 1.54. The van der Waals surface area contributed by atoms with Gasteiger partial charge in [-0.3, -0.25) is 4.31 Å². The first-order valence-corrected chi connectivity index (χ1v) is 7.29. The summed E-state index contributed by atoms with van der Waals surface area (Å²) < 4.78 is 24.5. The molecular formula is C12H17NO4S. The minimum absolute atomic E-state index is 0.410. The van der Waals surface area contributed by atoms with Crippen LogP contribution in [0.4, 0.5) is 5.69 Å². The van der Waals surface area contributed by atoms with E-state index >= 15 is 0 Å². The number of hydrogen-bond donors (Lipinski definition) is 1. The van der Waals surface area contributed by atoms with Crippen LogP contribution < -0.4 is 4.31 Å². The molecule has 0 bridgehead atoms. The molecule has 0 amide bonds. The molecule has 1 aromatic carbocycles. The van der Waals surface area contributed by atoms with Crippen LogP contribution in [0.1, 0.15) is 18.1 Å². The lowest BCUT2D eigenvalue weighted by atomic mass is 10.1. The highest BCUT2D eigenvalue weighted by atomic mass is 32.2. The fraction of sp³-hybridized carbons (Fsp3) is 0.417. The molecule has 18 heavy (non-hydrogen) atoms. The highest BCUT2D eigenvalue weighted by Crippen LogP contribution is 2.26. The van der Waals surface area contributed by atoms with Crippen molar-refractivity contribution in [1.29, 1.82) is 0 Å². The maximum atomic E-state index is 11.8. The van der Waals surface area contributed by atoms with Gasteiger partial charge in [0.05, 0.1) is 11.9 Å². The van der Waals surface area contributed by atoms with E-state index in [0.29, 0.717) is 5.69 Å². The van der Waals surface area contributed by atoms with Gasteiger partial charge in [-0.15, -0.1) is 0 Å². The number of sulfonamides is 1. The number of aliphatic carboxylic acids is 1. The van der Waals surface area contributed by atoms with E-state index in [-0.39, 0.29) is 0 Å². The largest absolute Gasteiger partial charge is 0.480 e. The molecule has 0 spiro atoms. The van der Waals surface area contributed by atoms with Gasteiger partial charge in [0, 0.05) is 0 Å². The molecule has 1 N–H and O–H groups in total. The molecule has 100 valence electrons. The number of benzene rings is 1. The average Bonchev–Trinajstić information content (AvgIpc) is 2.21. The fourth-order valence-corrected chi connectivity index (χ4v) is 2.95. The van der Waals surface area contributed by atoms with Crippen molar-refractivity contribution < 1.29 is 18.3 Å². The van der Waals surface area contributed by atoms with E-state index in [9.17, 15) is 13.2 Å². The third-order valence-electron chi connectivity index (χ3n) is 2.67. The van der Waals surface area contributed by atoms with E-state index in [1.54, 1.807) is 19.1 Å². The number of aryl methyl sites for hydroxylation is 2. The highest BCUT2D eigenvalue weighted by Gasteiger charge is 2.29. The van der Waals surface area contributed by atoms with Crippen molar-refractivity contribution in [3.8, 4) is 0 Å². The van der Waals surface area contributed by atoms with E-state index in [0.717, 1.165) is 21.7 Å². The molecule has 0 radical (unpaired) electrons. The van der Waals surface area contributed by atoms with Gasteiger partial charge < -0.3 is 5.11 Å². The Balaban J connectivity index is 3.45. The Morgan fingerprint density at radius 3 is 2.33 bits per heavy atom. The first kappa shape index (κ1) is 14.5. The summed E-state index contributed by atoms with van der Waals surface area (Å²) in [6.45, 7) is 4.93. The first-order chi connectivity index (χ1) is 8.14. The van der Waals surface area contributed by atoms with Crippen LogP contribution in [0.15, 0.2) is 18.2 Å². The Bertz CT molecular complexity index is 565. The summed E-state index contributed by atoms with van der Waals surface area (Å²) in [7, 11) is -3.65. The second kappa shape index (κ2) is 4.97. The molecule has 5 nitrogen and oxygen atoms in total. The van der Waals surface area contributed by atoms with Crippen molar-refractivity contribution in [2.24, 2.45) is 0 Å². The van der Waals surface area contributed by atoms with Gasteiger partial charge in [0.2, 0.25) is 10.0 Å². The molecule has 0 heterocycles. The lowest BCUT2D eigenvalue weighted by Gasteiger charge is -2.27. The Morgan fingerprint density at radius 2 is 1.89 bits per heavy atom. The zero-order valence-corrected chi connectivity index (χ0v) is 11.7. The van der Waals surface area contributed by atoms with Gasteiger partial charge in [0.1, 0.15) is 6.04 Å². The average molecular weight is 271 g/mol. The summed E-state index contributed by atoms with van der Waals surface area (Å²) in [6.07, 6.45) is 1.01. The second-order valence-electron chi connectivity index (χ2n) is 4.36. The summed E-state index contributed by atoms with van der Waals surface area (Å²) in [4.78, 5) is 11.1. The monoisotopic (exact) mass is 271 g/mol. The van der Waals surface area contributed by atoms with Crippen LogP contribution in [0.2, 0.25) is 0 Å². The minimum atomic E-state index is -3.65.